The first-order valence-electron chi connectivity index (χ1n) is 13.0. The van der Waals surface area contributed by atoms with Gasteiger partial charge in [0, 0.05) is 38.0 Å². The first-order chi connectivity index (χ1) is 18.9. The van der Waals surface area contributed by atoms with Crippen molar-refractivity contribution in [2.24, 2.45) is 0 Å². The van der Waals surface area contributed by atoms with Crippen LogP contribution < -0.4 is 10.1 Å². The smallest absolute Gasteiger partial charge is 0.363 e. The summed E-state index contributed by atoms with van der Waals surface area (Å²) in [6.07, 6.45) is 9.26. The predicted octanol–water partition coefficient (Wildman–Crippen LogP) is 3.40. The number of anilines is 1. The molecule has 1 N–H and O–H groups in total. The summed E-state index contributed by atoms with van der Waals surface area (Å²) in [6.45, 7) is 4.81. The van der Waals surface area contributed by atoms with Crippen LogP contribution in [0.15, 0.2) is 77.5 Å². The fourth-order valence-electron chi connectivity index (χ4n) is 5.39. The van der Waals surface area contributed by atoms with Gasteiger partial charge in [-0.3, -0.25) is 4.79 Å². The van der Waals surface area contributed by atoms with Gasteiger partial charge in [-0.25, -0.2) is 14.2 Å². The molecular weight excluding hydrogens is 522 g/mol. The minimum Gasteiger partial charge on any atom is -0.478 e. The lowest BCUT2D eigenvalue weighted by molar-refractivity contribution is -0.462. The van der Waals surface area contributed by atoms with Gasteiger partial charge in [0.1, 0.15) is 22.2 Å². The van der Waals surface area contributed by atoms with Crippen LogP contribution in [0.2, 0.25) is 13.1 Å². The van der Waals surface area contributed by atoms with Crippen molar-refractivity contribution >= 4 is 48.1 Å². The highest BCUT2D eigenvalue weighted by atomic mass is 28.3. The van der Waals surface area contributed by atoms with Crippen LogP contribution in [0.5, 0.6) is 0 Å². The number of benzene rings is 2. The maximum atomic E-state index is 12.8. The van der Waals surface area contributed by atoms with Gasteiger partial charge in [-0.15, -0.1) is 0 Å². The summed E-state index contributed by atoms with van der Waals surface area (Å²) in [5.74, 6) is -2.38. The Labute approximate surface area is 234 Å². The monoisotopic (exact) mass is 554 g/mol. The molecule has 204 valence electrons. The van der Waals surface area contributed by atoms with Crippen LogP contribution in [0, 0.1) is 0 Å². The van der Waals surface area contributed by atoms with Crippen LogP contribution in [-0.2, 0) is 9.63 Å². The number of amides is 1. The third-order valence-corrected chi connectivity index (χ3v) is 11.2. The zero-order valence-electron chi connectivity index (χ0n) is 23.5. The number of carbonyl (C=O) groups excluding carboxylic acids is 2. The van der Waals surface area contributed by atoms with Crippen molar-refractivity contribution < 1.29 is 28.9 Å². The topological polar surface area (TPSA) is 90.2 Å². The summed E-state index contributed by atoms with van der Waals surface area (Å²) < 4.78 is 2.07. The molecule has 9 heteroatoms. The lowest BCUT2D eigenvalue weighted by atomic mass is 9.86. The number of carboxylic acid groups (broad SMARTS) is 1. The van der Waals surface area contributed by atoms with E-state index in [0.717, 1.165) is 33.2 Å². The minimum absolute atomic E-state index is 0.0121. The largest absolute Gasteiger partial charge is 0.478 e. The second-order valence-corrected chi connectivity index (χ2v) is 15.3. The van der Waals surface area contributed by atoms with E-state index in [9.17, 15) is 19.5 Å². The Morgan fingerprint density at radius 1 is 1.02 bits per heavy atom. The Bertz CT molecular complexity index is 1640. The van der Waals surface area contributed by atoms with E-state index in [1.165, 1.54) is 22.5 Å². The van der Waals surface area contributed by atoms with E-state index in [0.29, 0.717) is 5.56 Å². The van der Waals surface area contributed by atoms with Gasteiger partial charge in [-0.2, -0.15) is 5.06 Å². The highest BCUT2D eigenvalue weighted by Crippen LogP contribution is 2.42. The van der Waals surface area contributed by atoms with Crippen LogP contribution in [0.1, 0.15) is 31.8 Å². The number of hydrogen-bond acceptors (Lipinski definition) is 5. The first-order valence-corrected chi connectivity index (χ1v) is 16.0. The van der Waals surface area contributed by atoms with Crippen molar-refractivity contribution in [1.29, 1.82) is 0 Å². The van der Waals surface area contributed by atoms with E-state index in [-0.39, 0.29) is 17.7 Å². The molecule has 0 bridgehead atoms. The second-order valence-electron chi connectivity index (χ2n) is 11.0. The van der Waals surface area contributed by atoms with Crippen molar-refractivity contribution in [2.45, 2.75) is 13.1 Å². The number of allylic oxidation sites excluding steroid dienone is 5. The van der Waals surface area contributed by atoms with Crippen LogP contribution in [0.25, 0.3) is 5.57 Å². The maximum absolute atomic E-state index is 12.8. The lowest BCUT2D eigenvalue weighted by Gasteiger charge is -2.38. The molecule has 1 amide bonds. The summed E-state index contributed by atoms with van der Waals surface area (Å²) in [5.41, 5.74) is 5.54. The molecule has 2 aromatic rings. The summed E-state index contributed by atoms with van der Waals surface area (Å²) in [7, 11) is 5.83. The average molecular weight is 555 g/mol. The number of hydroxylamine groups is 2. The predicted molar refractivity (Wildman–Crippen MR) is 158 cm³/mol. The van der Waals surface area contributed by atoms with Crippen LogP contribution in [-0.4, -0.2) is 81.1 Å². The number of fused-ring (bicyclic) bond motifs is 2. The molecule has 0 saturated heterocycles. The number of carboxylic acids is 1. The molecule has 8 nitrogen and oxygen atoms in total. The third kappa shape index (κ3) is 4.52. The molecule has 0 atom stereocenters. The minimum atomic E-state index is -2.20. The quantitative estimate of drug-likeness (QED) is 0.450. The molecule has 0 saturated carbocycles. The zero-order chi connectivity index (χ0) is 28.9. The molecular formula is C31H32N3O5Si+. The molecule has 1 aliphatic carbocycles. The highest BCUT2D eigenvalue weighted by molar-refractivity contribution is 6.98. The molecule has 0 aromatic heterocycles. The SMILES string of the molecule is CN(C)c1ccc2c(c1)[Si](C)(C)C1=CC(=[N+](C)C)C=CC1=C2c1ccc(C(=O)ON2CC=CC2=O)cc1C(=O)O. The van der Waals surface area contributed by atoms with Gasteiger partial charge in [0.2, 0.25) is 0 Å². The Balaban J connectivity index is 1.72. The fourth-order valence-corrected chi connectivity index (χ4v) is 8.47. The van der Waals surface area contributed by atoms with E-state index in [1.807, 2.05) is 28.2 Å². The van der Waals surface area contributed by atoms with Crippen molar-refractivity contribution in [3.8, 4) is 0 Å². The molecule has 0 spiro atoms. The third-order valence-electron chi connectivity index (χ3n) is 7.65. The molecule has 0 fully saturated rings. The van der Waals surface area contributed by atoms with Crippen molar-refractivity contribution in [3.05, 3.63) is 99.8 Å². The number of carbonyl (C=O) groups is 3. The Morgan fingerprint density at radius 2 is 1.75 bits per heavy atom. The molecule has 2 heterocycles. The van der Waals surface area contributed by atoms with Gasteiger partial charge in [0.05, 0.1) is 17.7 Å². The molecule has 0 radical (unpaired) electrons. The molecule has 3 aliphatic rings. The maximum Gasteiger partial charge on any atom is 0.363 e. The van der Waals surface area contributed by atoms with Gasteiger partial charge in [0.15, 0.2) is 5.71 Å². The lowest BCUT2D eigenvalue weighted by Crippen LogP contribution is -2.49. The van der Waals surface area contributed by atoms with E-state index in [2.05, 4.69) is 59.0 Å². The van der Waals surface area contributed by atoms with Gasteiger partial charge in [-0.1, -0.05) is 31.3 Å². The normalized spacial score (nSPS) is 16.9. The van der Waals surface area contributed by atoms with E-state index in [4.69, 9.17) is 4.84 Å². The average Bonchev–Trinajstić information content (AvgIpc) is 3.32. The standard InChI is InChI=1S/C31H31N3O5Si/c1-32(2)20-10-13-23-26(17-20)40(5,6)27-18-21(33(3)4)11-14-24(27)29(23)22-12-9-19(16-25(22)30(36)37)31(38)39-34-15-7-8-28(34)35/h7-14,16-18H,15H2,1-6H3/p+1. The zero-order valence-corrected chi connectivity index (χ0v) is 24.5. The molecule has 5 rings (SSSR count). The second kappa shape index (κ2) is 9.91. The van der Waals surface area contributed by atoms with Gasteiger partial charge in [-0.05, 0) is 63.0 Å². The Hall–Kier alpha value is -4.50. The van der Waals surface area contributed by atoms with E-state index >= 15 is 0 Å². The van der Waals surface area contributed by atoms with Crippen LogP contribution in [0.4, 0.5) is 5.69 Å². The van der Waals surface area contributed by atoms with E-state index < -0.39 is 25.9 Å². The fraction of sp³-hybridized carbons (Fsp3) is 0.226. The van der Waals surface area contributed by atoms with Crippen molar-refractivity contribution in [3.63, 3.8) is 0 Å². The summed E-state index contributed by atoms with van der Waals surface area (Å²) in [4.78, 5) is 44.6. The number of nitrogens with zero attached hydrogens (tertiary/aromatic N) is 3. The number of rotatable bonds is 5. The van der Waals surface area contributed by atoms with Crippen LogP contribution in [0.3, 0.4) is 0 Å². The van der Waals surface area contributed by atoms with Gasteiger partial charge < -0.3 is 14.8 Å². The first kappa shape index (κ1) is 27.1. The van der Waals surface area contributed by atoms with Gasteiger partial charge in [0.25, 0.3) is 5.91 Å². The number of aromatic carboxylic acids is 1. The molecule has 40 heavy (non-hydrogen) atoms. The molecule has 2 aliphatic heterocycles. The van der Waals surface area contributed by atoms with Crippen LogP contribution >= 0.6 is 0 Å². The van der Waals surface area contributed by atoms with Crippen molar-refractivity contribution in [2.75, 3.05) is 39.6 Å². The number of hydrogen-bond donors (Lipinski definition) is 1. The molecule has 2 aromatic carbocycles. The summed E-state index contributed by atoms with van der Waals surface area (Å²) in [6, 6.07) is 10.9. The summed E-state index contributed by atoms with van der Waals surface area (Å²) in [5, 5.41) is 13.7. The van der Waals surface area contributed by atoms with E-state index in [1.54, 1.807) is 18.2 Å². The molecule has 0 unspecified atom stereocenters. The Morgan fingerprint density at radius 3 is 2.38 bits per heavy atom. The highest BCUT2D eigenvalue weighted by Gasteiger charge is 2.41. The summed E-state index contributed by atoms with van der Waals surface area (Å²) >= 11 is 0. The Kier molecular flexibility index (Phi) is 6.71. The van der Waals surface area contributed by atoms with Gasteiger partial charge >= 0.3 is 11.9 Å². The van der Waals surface area contributed by atoms with Crippen molar-refractivity contribution in [1.82, 2.24) is 5.06 Å².